The fourth-order valence-electron chi connectivity index (χ4n) is 2.64. The van der Waals surface area contributed by atoms with Crippen LogP contribution in [0.15, 0.2) is 41.8 Å². The Hall–Kier alpha value is -1.75. The minimum Gasteiger partial charge on any atom is -0.355 e. The number of rotatable bonds is 8. The minimum atomic E-state index is 0.0733. The van der Waals surface area contributed by atoms with E-state index < -0.39 is 0 Å². The van der Waals surface area contributed by atoms with Gasteiger partial charge < -0.3 is 9.88 Å². The maximum atomic E-state index is 12.0. The lowest BCUT2D eigenvalue weighted by Crippen LogP contribution is -2.27. The molecule has 128 valence electrons. The van der Waals surface area contributed by atoms with Crippen molar-refractivity contribution in [1.82, 2.24) is 14.9 Å². The van der Waals surface area contributed by atoms with Crippen LogP contribution in [0, 0.1) is 0 Å². The fourth-order valence-corrected chi connectivity index (χ4v) is 3.49. The summed E-state index contributed by atoms with van der Waals surface area (Å²) in [7, 11) is 0. The van der Waals surface area contributed by atoms with Gasteiger partial charge in [0.25, 0.3) is 0 Å². The number of hydrogen-bond donors (Lipinski definition) is 1. The highest BCUT2D eigenvalue weighted by Crippen LogP contribution is 2.37. The Kier molecular flexibility index (Phi) is 5.61. The SMILES string of the molecule is CC(C)c1ccc(CCNC(=O)CSc2nccn2C2CC2)cc1. The molecule has 0 saturated heterocycles. The van der Waals surface area contributed by atoms with Crippen LogP contribution in [0.1, 0.15) is 49.8 Å². The van der Waals surface area contributed by atoms with Crippen LogP contribution in [0.3, 0.4) is 0 Å². The van der Waals surface area contributed by atoms with Crippen LogP contribution in [0.25, 0.3) is 0 Å². The second-order valence-electron chi connectivity index (χ2n) is 6.63. The highest BCUT2D eigenvalue weighted by atomic mass is 32.2. The van der Waals surface area contributed by atoms with E-state index in [0.29, 0.717) is 24.3 Å². The monoisotopic (exact) mass is 343 g/mol. The van der Waals surface area contributed by atoms with Crippen LogP contribution in [0.5, 0.6) is 0 Å². The van der Waals surface area contributed by atoms with Gasteiger partial charge in [-0.1, -0.05) is 49.9 Å². The molecule has 1 fully saturated rings. The Balaban J connectivity index is 1.38. The van der Waals surface area contributed by atoms with Gasteiger partial charge in [0.1, 0.15) is 0 Å². The summed E-state index contributed by atoms with van der Waals surface area (Å²) in [6.07, 6.45) is 7.15. The third-order valence-electron chi connectivity index (χ3n) is 4.29. The second-order valence-corrected chi connectivity index (χ2v) is 7.58. The van der Waals surface area contributed by atoms with E-state index in [0.717, 1.165) is 11.6 Å². The van der Waals surface area contributed by atoms with E-state index in [1.807, 2.05) is 12.4 Å². The maximum Gasteiger partial charge on any atom is 0.230 e. The first-order valence-corrected chi connectivity index (χ1v) is 9.63. The molecule has 1 heterocycles. The van der Waals surface area contributed by atoms with Crippen LogP contribution < -0.4 is 5.32 Å². The van der Waals surface area contributed by atoms with Crippen molar-refractivity contribution in [3.05, 3.63) is 47.8 Å². The predicted octanol–water partition coefficient (Wildman–Crippen LogP) is 3.79. The van der Waals surface area contributed by atoms with E-state index in [2.05, 4.69) is 53.0 Å². The Morgan fingerprint density at radius 3 is 2.75 bits per heavy atom. The molecule has 5 heteroatoms. The number of carbonyl (C=O) groups excluding carboxylic acids is 1. The lowest BCUT2D eigenvalue weighted by Gasteiger charge is -2.08. The minimum absolute atomic E-state index is 0.0733. The normalized spacial score (nSPS) is 14.1. The van der Waals surface area contributed by atoms with Crippen LogP contribution in [0.4, 0.5) is 0 Å². The molecule has 1 amide bonds. The quantitative estimate of drug-likeness (QED) is 0.742. The Labute approximate surface area is 148 Å². The molecule has 24 heavy (non-hydrogen) atoms. The summed E-state index contributed by atoms with van der Waals surface area (Å²) in [4.78, 5) is 16.3. The molecule has 1 aliphatic rings. The van der Waals surface area contributed by atoms with Crippen molar-refractivity contribution >= 4 is 17.7 Å². The Morgan fingerprint density at radius 2 is 2.08 bits per heavy atom. The number of amides is 1. The van der Waals surface area contributed by atoms with E-state index in [9.17, 15) is 4.79 Å². The van der Waals surface area contributed by atoms with Crippen molar-refractivity contribution in [2.45, 2.75) is 50.2 Å². The lowest BCUT2D eigenvalue weighted by atomic mass is 10.0. The standard InChI is InChI=1S/C19H25N3OS/c1-14(2)16-5-3-15(4-6-16)9-10-20-18(23)13-24-19-21-11-12-22(19)17-7-8-17/h3-6,11-12,14,17H,7-10,13H2,1-2H3,(H,20,23). The molecule has 0 unspecified atom stereocenters. The molecule has 1 saturated carbocycles. The zero-order valence-electron chi connectivity index (χ0n) is 14.4. The van der Waals surface area contributed by atoms with Crippen molar-refractivity contribution in [2.24, 2.45) is 0 Å². The summed E-state index contributed by atoms with van der Waals surface area (Å²) in [6, 6.07) is 9.27. The molecular formula is C19H25N3OS. The van der Waals surface area contributed by atoms with E-state index in [1.54, 1.807) is 0 Å². The third-order valence-corrected chi connectivity index (χ3v) is 5.27. The summed E-state index contributed by atoms with van der Waals surface area (Å²) < 4.78 is 2.19. The van der Waals surface area contributed by atoms with Gasteiger partial charge in [0.05, 0.1) is 5.75 Å². The van der Waals surface area contributed by atoms with E-state index in [-0.39, 0.29) is 5.91 Å². The summed E-state index contributed by atoms with van der Waals surface area (Å²) in [5, 5.41) is 3.95. The van der Waals surface area contributed by atoms with E-state index in [1.165, 1.54) is 35.7 Å². The summed E-state index contributed by atoms with van der Waals surface area (Å²) >= 11 is 1.52. The summed E-state index contributed by atoms with van der Waals surface area (Å²) in [6.45, 7) is 5.07. The first-order chi connectivity index (χ1) is 11.6. The zero-order valence-corrected chi connectivity index (χ0v) is 15.2. The molecule has 1 aromatic heterocycles. The first-order valence-electron chi connectivity index (χ1n) is 8.64. The van der Waals surface area contributed by atoms with Crippen molar-refractivity contribution in [1.29, 1.82) is 0 Å². The van der Waals surface area contributed by atoms with Crippen LogP contribution in [-0.2, 0) is 11.2 Å². The molecule has 3 rings (SSSR count). The van der Waals surface area contributed by atoms with Gasteiger partial charge in [0.2, 0.25) is 5.91 Å². The van der Waals surface area contributed by atoms with Crippen LogP contribution in [-0.4, -0.2) is 27.8 Å². The third kappa shape index (κ3) is 4.63. The number of aromatic nitrogens is 2. The number of hydrogen-bond acceptors (Lipinski definition) is 3. The molecule has 0 aliphatic heterocycles. The molecule has 0 atom stereocenters. The van der Waals surface area contributed by atoms with Gasteiger partial charge >= 0.3 is 0 Å². The van der Waals surface area contributed by atoms with Crippen molar-refractivity contribution in [2.75, 3.05) is 12.3 Å². The smallest absolute Gasteiger partial charge is 0.230 e. The molecule has 4 nitrogen and oxygen atoms in total. The van der Waals surface area contributed by atoms with Gasteiger partial charge in [-0.05, 0) is 36.3 Å². The van der Waals surface area contributed by atoms with Crippen LogP contribution in [0.2, 0.25) is 0 Å². The number of thioether (sulfide) groups is 1. The van der Waals surface area contributed by atoms with Crippen molar-refractivity contribution in [3.8, 4) is 0 Å². The Morgan fingerprint density at radius 1 is 1.33 bits per heavy atom. The fraction of sp³-hybridized carbons (Fsp3) is 0.474. The molecule has 1 aliphatic carbocycles. The summed E-state index contributed by atoms with van der Waals surface area (Å²) in [5.74, 6) is 1.05. The van der Waals surface area contributed by atoms with Gasteiger partial charge in [-0.3, -0.25) is 4.79 Å². The van der Waals surface area contributed by atoms with Crippen molar-refractivity contribution < 1.29 is 4.79 Å². The number of nitrogens with one attached hydrogen (secondary N) is 1. The highest BCUT2D eigenvalue weighted by molar-refractivity contribution is 7.99. The zero-order chi connectivity index (χ0) is 16.9. The molecule has 0 radical (unpaired) electrons. The van der Waals surface area contributed by atoms with Gasteiger partial charge in [-0.2, -0.15) is 0 Å². The molecular weight excluding hydrogens is 318 g/mol. The maximum absolute atomic E-state index is 12.0. The molecule has 0 spiro atoms. The number of nitrogens with zero attached hydrogens (tertiary/aromatic N) is 2. The van der Waals surface area contributed by atoms with E-state index >= 15 is 0 Å². The van der Waals surface area contributed by atoms with Crippen LogP contribution >= 0.6 is 11.8 Å². The second kappa shape index (κ2) is 7.88. The largest absolute Gasteiger partial charge is 0.355 e. The first kappa shape index (κ1) is 17.1. The molecule has 0 bridgehead atoms. The topological polar surface area (TPSA) is 46.9 Å². The lowest BCUT2D eigenvalue weighted by molar-refractivity contribution is -0.118. The van der Waals surface area contributed by atoms with Gasteiger partial charge in [-0.15, -0.1) is 0 Å². The molecule has 1 aromatic carbocycles. The molecule has 2 aromatic rings. The highest BCUT2D eigenvalue weighted by Gasteiger charge is 2.25. The Bertz CT molecular complexity index is 674. The van der Waals surface area contributed by atoms with E-state index in [4.69, 9.17) is 0 Å². The van der Waals surface area contributed by atoms with Crippen molar-refractivity contribution in [3.63, 3.8) is 0 Å². The number of carbonyl (C=O) groups is 1. The predicted molar refractivity (Wildman–Crippen MR) is 98.5 cm³/mol. The average Bonchev–Trinajstić information content (AvgIpc) is 3.31. The molecule has 1 N–H and O–H groups in total. The van der Waals surface area contributed by atoms with Gasteiger partial charge in [-0.25, -0.2) is 4.98 Å². The average molecular weight is 343 g/mol. The number of benzene rings is 1. The number of imidazole rings is 1. The van der Waals surface area contributed by atoms with Gasteiger partial charge in [0.15, 0.2) is 5.16 Å². The van der Waals surface area contributed by atoms with Gasteiger partial charge in [0, 0.05) is 25.0 Å². The summed E-state index contributed by atoms with van der Waals surface area (Å²) in [5.41, 5.74) is 2.61.